The summed E-state index contributed by atoms with van der Waals surface area (Å²) in [7, 11) is 0. The third-order valence-corrected chi connectivity index (χ3v) is 7.25. The van der Waals surface area contributed by atoms with Crippen LogP contribution in [0, 0.1) is 30.2 Å². The van der Waals surface area contributed by atoms with Crippen LogP contribution in [-0.2, 0) is 9.47 Å². The van der Waals surface area contributed by atoms with E-state index in [0.29, 0.717) is 0 Å². The monoisotopic (exact) mass is 548 g/mol. The number of carbonyl (C=O) groups excluding carboxylic acids is 2. The summed E-state index contributed by atoms with van der Waals surface area (Å²) in [4.78, 5) is 26.5. The van der Waals surface area contributed by atoms with E-state index in [2.05, 4.69) is 0 Å². The molecule has 40 heavy (non-hydrogen) atoms. The summed E-state index contributed by atoms with van der Waals surface area (Å²) in [5.41, 5.74) is 1.36. The van der Waals surface area contributed by atoms with Crippen molar-refractivity contribution in [3.63, 3.8) is 0 Å². The van der Waals surface area contributed by atoms with Crippen molar-refractivity contribution < 1.29 is 36.6 Å². The Morgan fingerprint density at radius 2 is 1.02 bits per heavy atom. The van der Waals surface area contributed by atoms with Crippen LogP contribution in [0.5, 0.6) is 0 Å². The molecule has 4 aromatic carbocycles. The second kappa shape index (κ2) is 11.0. The van der Waals surface area contributed by atoms with Crippen LogP contribution in [0.3, 0.4) is 0 Å². The van der Waals surface area contributed by atoms with Crippen molar-refractivity contribution in [1.82, 2.24) is 0 Å². The molecule has 204 valence electrons. The first kappa shape index (κ1) is 27.1. The Kier molecular flexibility index (Phi) is 7.43. The fourth-order valence-corrected chi connectivity index (χ4v) is 5.25. The van der Waals surface area contributed by atoms with Crippen LogP contribution in [0.15, 0.2) is 84.9 Å². The number of carbonyl (C=O) groups is 2. The zero-order valence-corrected chi connectivity index (χ0v) is 21.5. The van der Waals surface area contributed by atoms with E-state index in [1.807, 2.05) is 0 Å². The van der Waals surface area contributed by atoms with Gasteiger partial charge in [0, 0.05) is 5.92 Å². The molecule has 0 heterocycles. The van der Waals surface area contributed by atoms with E-state index in [1.165, 1.54) is 19.1 Å². The minimum absolute atomic E-state index is 0.171. The molecule has 0 amide bonds. The molecule has 8 heteroatoms. The molecular weight excluding hydrogens is 524 g/mol. The van der Waals surface area contributed by atoms with Crippen LogP contribution >= 0.6 is 0 Å². The van der Waals surface area contributed by atoms with E-state index >= 15 is 0 Å². The maximum Gasteiger partial charge on any atom is 0.338 e. The minimum atomic E-state index is -1.31. The lowest BCUT2D eigenvalue weighted by Crippen LogP contribution is -2.47. The lowest BCUT2D eigenvalue weighted by atomic mass is 9.70. The summed E-state index contributed by atoms with van der Waals surface area (Å²) in [6.07, 6.45) is -2.51. The van der Waals surface area contributed by atoms with Crippen LogP contribution in [-0.4, -0.2) is 24.1 Å². The molecule has 0 saturated carbocycles. The van der Waals surface area contributed by atoms with Gasteiger partial charge in [-0.1, -0.05) is 43.3 Å². The maximum atomic E-state index is 14.6. The van der Waals surface area contributed by atoms with Gasteiger partial charge in [-0.15, -0.1) is 0 Å². The number of ether oxygens (including phenoxy) is 2. The van der Waals surface area contributed by atoms with Crippen molar-refractivity contribution in [1.29, 1.82) is 0 Å². The summed E-state index contributed by atoms with van der Waals surface area (Å²) < 4.78 is 69.8. The second-order valence-electron chi connectivity index (χ2n) is 9.76. The number of hydrogen-bond donors (Lipinski definition) is 0. The molecule has 0 bridgehead atoms. The summed E-state index contributed by atoms with van der Waals surface area (Å²) in [6.45, 7) is 3.16. The highest BCUT2D eigenvalue weighted by molar-refractivity contribution is 5.90. The fraction of sp³-hybridized carbons (Fsp3) is 0.188. The Morgan fingerprint density at radius 1 is 0.600 bits per heavy atom. The summed E-state index contributed by atoms with van der Waals surface area (Å²) in [5.74, 6) is -7.95. The van der Waals surface area contributed by atoms with Gasteiger partial charge in [0.2, 0.25) is 0 Å². The number of fused-ring (bicyclic) bond motifs is 1. The van der Waals surface area contributed by atoms with E-state index in [-0.39, 0.29) is 33.4 Å². The fourth-order valence-electron chi connectivity index (χ4n) is 5.25. The van der Waals surface area contributed by atoms with Crippen molar-refractivity contribution in [2.24, 2.45) is 0 Å². The molecule has 0 spiro atoms. The number of rotatable bonds is 5. The van der Waals surface area contributed by atoms with Crippen molar-refractivity contribution in [3.8, 4) is 0 Å². The van der Waals surface area contributed by atoms with Crippen LogP contribution in [0.2, 0.25) is 0 Å². The van der Waals surface area contributed by atoms with Crippen LogP contribution in [0.4, 0.5) is 17.6 Å². The lowest BCUT2D eigenvalue weighted by molar-refractivity contribution is -0.0533. The number of aryl methyl sites for hydroxylation is 1. The molecule has 4 aromatic rings. The summed E-state index contributed by atoms with van der Waals surface area (Å²) in [6, 6.07) is 20.0. The molecule has 0 saturated heterocycles. The molecule has 0 aromatic heterocycles. The normalized spacial score (nSPS) is 19.9. The zero-order valence-electron chi connectivity index (χ0n) is 21.5. The van der Waals surface area contributed by atoms with Gasteiger partial charge in [0.1, 0.15) is 6.10 Å². The lowest BCUT2D eigenvalue weighted by Gasteiger charge is -2.42. The van der Waals surface area contributed by atoms with Gasteiger partial charge in [-0.3, -0.25) is 0 Å². The van der Waals surface area contributed by atoms with Crippen LogP contribution in [0.25, 0.3) is 0 Å². The molecule has 0 N–H and O–H groups in total. The van der Waals surface area contributed by atoms with E-state index in [4.69, 9.17) is 9.47 Å². The van der Waals surface area contributed by atoms with Crippen molar-refractivity contribution >= 4 is 11.9 Å². The van der Waals surface area contributed by atoms with Gasteiger partial charge in [0.15, 0.2) is 29.4 Å². The summed E-state index contributed by atoms with van der Waals surface area (Å²) >= 11 is 0. The average molecular weight is 549 g/mol. The predicted molar refractivity (Wildman–Crippen MR) is 139 cm³/mol. The number of hydrogen-bond acceptors (Lipinski definition) is 4. The predicted octanol–water partition coefficient (Wildman–Crippen LogP) is 7.25. The van der Waals surface area contributed by atoms with Crippen molar-refractivity contribution in [2.75, 3.05) is 0 Å². The molecule has 0 radical (unpaired) electrons. The molecule has 0 aliphatic heterocycles. The molecule has 4 atom stereocenters. The van der Waals surface area contributed by atoms with Crippen molar-refractivity contribution in [3.05, 3.63) is 142 Å². The average Bonchev–Trinajstić information content (AvgIpc) is 2.95. The Labute approximate surface area is 228 Å². The maximum absolute atomic E-state index is 14.6. The third kappa shape index (κ3) is 5.09. The number of halogens is 4. The first-order valence-electron chi connectivity index (χ1n) is 12.6. The Bertz CT molecular complexity index is 1570. The minimum Gasteiger partial charge on any atom is -0.454 e. The molecule has 4 unspecified atom stereocenters. The highest BCUT2D eigenvalue weighted by Gasteiger charge is 2.47. The molecular formula is C32H24F4O4. The Balaban J connectivity index is 1.70. The Hall–Kier alpha value is -4.46. The van der Waals surface area contributed by atoms with Crippen LogP contribution in [0.1, 0.15) is 61.7 Å². The number of benzene rings is 4. The molecule has 1 aliphatic carbocycles. The van der Waals surface area contributed by atoms with E-state index in [0.717, 1.165) is 24.3 Å². The molecule has 5 rings (SSSR count). The van der Waals surface area contributed by atoms with Gasteiger partial charge in [-0.05, 0) is 77.7 Å². The van der Waals surface area contributed by atoms with E-state index in [9.17, 15) is 27.2 Å². The first-order valence-corrected chi connectivity index (χ1v) is 12.6. The third-order valence-electron chi connectivity index (χ3n) is 7.25. The second-order valence-corrected chi connectivity index (χ2v) is 9.76. The SMILES string of the molecule is Cc1cc(F)c(F)cc1C1c2cc(F)c(F)cc2C(C)C(OC(=O)c2ccccc2)C1OC(=O)c1ccccc1. The van der Waals surface area contributed by atoms with Gasteiger partial charge in [-0.2, -0.15) is 0 Å². The quantitative estimate of drug-likeness (QED) is 0.195. The standard InChI is InChI=1S/C32H24F4O4/c1-17-13-24(33)25(34)14-21(17)28-23-16-27(36)26(35)15-22(23)18(2)29(39-31(37)19-9-5-3-6-10-19)30(28)40-32(38)20-11-7-4-8-12-20/h3-16,18,28-30H,1-2H3. The van der Waals surface area contributed by atoms with Gasteiger partial charge >= 0.3 is 11.9 Å². The van der Waals surface area contributed by atoms with Gasteiger partial charge in [-0.25, -0.2) is 27.2 Å². The van der Waals surface area contributed by atoms with E-state index in [1.54, 1.807) is 55.5 Å². The van der Waals surface area contributed by atoms with Gasteiger partial charge < -0.3 is 9.47 Å². The highest BCUT2D eigenvalue weighted by Crippen LogP contribution is 2.47. The molecule has 1 aliphatic rings. The summed E-state index contributed by atoms with van der Waals surface area (Å²) in [5, 5.41) is 0. The topological polar surface area (TPSA) is 52.6 Å². The van der Waals surface area contributed by atoms with Gasteiger partial charge in [0.05, 0.1) is 17.0 Å². The number of esters is 2. The smallest absolute Gasteiger partial charge is 0.338 e. The van der Waals surface area contributed by atoms with Crippen LogP contribution < -0.4 is 0 Å². The Morgan fingerprint density at radius 3 is 1.55 bits per heavy atom. The van der Waals surface area contributed by atoms with Gasteiger partial charge in [0.25, 0.3) is 0 Å². The first-order chi connectivity index (χ1) is 19.2. The van der Waals surface area contributed by atoms with E-state index < -0.39 is 59.3 Å². The molecule has 0 fully saturated rings. The van der Waals surface area contributed by atoms with Crippen molar-refractivity contribution in [2.45, 2.75) is 37.9 Å². The highest BCUT2D eigenvalue weighted by atomic mass is 19.2. The largest absolute Gasteiger partial charge is 0.454 e. The zero-order chi connectivity index (χ0) is 28.6. The molecule has 4 nitrogen and oxygen atoms in total.